The lowest BCUT2D eigenvalue weighted by Gasteiger charge is -2.27. The van der Waals surface area contributed by atoms with Crippen molar-refractivity contribution in [2.45, 2.75) is 32.2 Å². The summed E-state index contributed by atoms with van der Waals surface area (Å²) < 4.78 is 7.47. The number of hydrazine groups is 1. The molecule has 1 amide bonds. The fourth-order valence-electron chi connectivity index (χ4n) is 4.95. The van der Waals surface area contributed by atoms with Gasteiger partial charge in [0.25, 0.3) is 5.91 Å². The first-order chi connectivity index (χ1) is 18.5. The van der Waals surface area contributed by atoms with E-state index in [-0.39, 0.29) is 5.91 Å². The van der Waals surface area contributed by atoms with Crippen molar-refractivity contribution in [3.63, 3.8) is 0 Å². The predicted molar refractivity (Wildman–Crippen MR) is 147 cm³/mol. The quantitative estimate of drug-likeness (QED) is 0.428. The molecule has 5 rings (SSSR count). The Bertz CT molecular complexity index is 1320. The lowest BCUT2D eigenvalue weighted by Crippen LogP contribution is -2.48. The molecule has 2 aliphatic heterocycles. The van der Waals surface area contributed by atoms with Gasteiger partial charge in [0.15, 0.2) is 5.69 Å². The number of morpholine rings is 1. The molecule has 0 aliphatic carbocycles. The number of ether oxygens (including phenoxy) is 1. The lowest BCUT2D eigenvalue weighted by atomic mass is 10.1. The maximum atomic E-state index is 13.7. The summed E-state index contributed by atoms with van der Waals surface area (Å²) in [6, 6.07) is 15.6. The Morgan fingerprint density at radius 1 is 1.05 bits per heavy atom. The molecule has 2 saturated heterocycles. The molecule has 0 bridgehead atoms. The number of halogens is 2. The zero-order valence-corrected chi connectivity index (χ0v) is 22.6. The third kappa shape index (κ3) is 6.04. The van der Waals surface area contributed by atoms with Gasteiger partial charge in [0.2, 0.25) is 0 Å². The molecule has 2 aromatic carbocycles. The van der Waals surface area contributed by atoms with Crippen molar-refractivity contribution in [2.24, 2.45) is 0 Å². The number of nitrogens with zero attached hydrogens (tertiary/aromatic N) is 5. The number of aromatic nitrogens is 2. The van der Waals surface area contributed by atoms with Crippen LogP contribution >= 0.6 is 23.2 Å². The number of rotatable bonds is 8. The summed E-state index contributed by atoms with van der Waals surface area (Å²) >= 11 is 12.9. The van der Waals surface area contributed by atoms with E-state index in [0.29, 0.717) is 72.8 Å². The van der Waals surface area contributed by atoms with E-state index in [2.05, 4.69) is 16.4 Å². The molecular weight excluding hydrogens is 523 g/mol. The highest BCUT2D eigenvalue weighted by Crippen LogP contribution is 2.34. The Balaban J connectivity index is 1.63. The van der Waals surface area contributed by atoms with E-state index in [0.717, 1.165) is 42.9 Å². The molecule has 2 fully saturated rings. The first kappa shape index (κ1) is 26.7. The highest BCUT2D eigenvalue weighted by Gasteiger charge is 2.28. The summed E-state index contributed by atoms with van der Waals surface area (Å²) in [7, 11) is 0. The molecule has 38 heavy (non-hydrogen) atoms. The topological polar surface area (TPSA) is 86.4 Å². The minimum Gasteiger partial charge on any atom is -0.379 e. The molecule has 8 nitrogen and oxygen atoms in total. The second-order valence-electron chi connectivity index (χ2n) is 9.54. The predicted octanol–water partition coefficient (Wildman–Crippen LogP) is 4.88. The molecule has 3 aromatic rings. The Kier molecular flexibility index (Phi) is 8.62. The van der Waals surface area contributed by atoms with Gasteiger partial charge in [0.05, 0.1) is 30.0 Å². The summed E-state index contributed by atoms with van der Waals surface area (Å²) in [5.74, 6) is 0.328. The molecule has 0 saturated carbocycles. The minimum absolute atomic E-state index is 0.253. The summed E-state index contributed by atoms with van der Waals surface area (Å²) in [6.45, 7) is 4.90. The monoisotopic (exact) mass is 552 g/mol. The van der Waals surface area contributed by atoms with Crippen molar-refractivity contribution >= 4 is 29.1 Å². The van der Waals surface area contributed by atoms with Gasteiger partial charge in [-0.15, -0.1) is 0 Å². The van der Waals surface area contributed by atoms with Crippen molar-refractivity contribution in [1.82, 2.24) is 24.9 Å². The van der Waals surface area contributed by atoms with E-state index >= 15 is 0 Å². The minimum atomic E-state index is -0.253. The van der Waals surface area contributed by atoms with Gasteiger partial charge in [-0.1, -0.05) is 35.3 Å². The van der Waals surface area contributed by atoms with Crippen LogP contribution in [0.3, 0.4) is 0 Å². The fourth-order valence-corrected chi connectivity index (χ4v) is 5.44. The molecular formula is C28H30Cl2N6O2. The zero-order valence-electron chi connectivity index (χ0n) is 21.1. The first-order valence-corrected chi connectivity index (χ1v) is 13.7. The van der Waals surface area contributed by atoms with E-state index < -0.39 is 0 Å². The van der Waals surface area contributed by atoms with Gasteiger partial charge in [-0.2, -0.15) is 5.26 Å². The van der Waals surface area contributed by atoms with Crippen LogP contribution in [0.4, 0.5) is 0 Å². The van der Waals surface area contributed by atoms with Gasteiger partial charge in [0.1, 0.15) is 5.82 Å². The van der Waals surface area contributed by atoms with Gasteiger partial charge < -0.3 is 4.74 Å². The molecule has 198 valence electrons. The van der Waals surface area contributed by atoms with E-state index in [9.17, 15) is 4.79 Å². The number of hydrogen-bond donors (Lipinski definition) is 1. The molecule has 0 atom stereocenters. The van der Waals surface area contributed by atoms with Crippen molar-refractivity contribution in [1.29, 1.82) is 5.26 Å². The SMILES string of the molecule is N#CCCc1ccc(-n2c(-c3ccc(Cl)cc3Cl)nc(C(=O)NN3CCOCC3)c2CN2CCCC2)cc1. The van der Waals surface area contributed by atoms with Crippen LogP contribution in [0.2, 0.25) is 10.0 Å². The summed E-state index contributed by atoms with van der Waals surface area (Å²) in [6.07, 6.45) is 3.41. The number of carbonyl (C=O) groups excluding carboxylic acids is 1. The number of nitrogens with one attached hydrogen (secondary N) is 1. The molecule has 1 aromatic heterocycles. The third-order valence-corrected chi connectivity index (χ3v) is 7.47. The number of amides is 1. The second kappa shape index (κ2) is 12.3. The van der Waals surface area contributed by atoms with Crippen molar-refractivity contribution in [2.75, 3.05) is 39.4 Å². The summed E-state index contributed by atoms with van der Waals surface area (Å²) in [5.41, 5.74) is 6.86. The third-order valence-electron chi connectivity index (χ3n) is 6.92. The second-order valence-corrected chi connectivity index (χ2v) is 10.4. The Morgan fingerprint density at radius 2 is 1.79 bits per heavy atom. The van der Waals surface area contributed by atoms with Crippen LogP contribution in [0.15, 0.2) is 42.5 Å². The van der Waals surface area contributed by atoms with Crippen LogP contribution < -0.4 is 5.43 Å². The van der Waals surface area contributed by atoms with Crippen LogP contribution in [0.1, 0.15) is 41.0 Å². The normalized spacial score (nSPS) is 16.4. The summed E-state index contributed by atoms with van der Waals surface area (Å²) in [5, 5.41) is 11.8. The van der Waals surface area contributed by atoms with Crippen LogP contribution in [-0.2, 0) is 17.7 Å². The highest BCUT2D eigenvalue weighted by molar-refractivity contribution is 6.36. The Labute approximate surface area is 232 Å². The van der Waals surface area contributed by atoms with Crippen LogP contribution in [0.25, 0.3) is 17.1 Å². The largest absolute Gasteiger partial charge is 0.379 e. The Hall–Kier alpha value is -2.93. The lowest BCUT2D eigenvalue weighted by molar-refractivity contribution is 0.0124. The Morgan fingerprint density at radius 3 is 2.47 bits per heavy atom. The van der Waals surface area contributed by atoms with E-state index in [1.54, 1.807) is 12.1 Å². The van der Waals surface area contributed by atoms with Crippen LogP contribution in [0, 0.1) is 11.3 Å². The molecule has 1 N–H and O–H groups in total. The average molecular weight is 553 g/mol. The van der Waals surface area contributed by atoms with E-state index in [1.807, 2.05) is 39.9 Å². The number of aryl methyl sites for hydroxylation is 1. The zero-order chi connectivity index (χ0) is 26.5. The maximum absolute atomic E-state index is 13.7. The van der Waals surface area contributed by atoms with Crippen molar-refractivity contribution in [3.8, 4) is 23.1 Å². The van der Waals surface area contributed by atoms with Gasteiger partial charge >= 0.3 is 0 Å². The summed E-state index contributed by atoms with van der Waals surface area (Å²) in [4.78, 5) is 21.0. The van der Waals surface area contributed by atoms with Crippen LogP contribution in [0.5, 0.6) is 0 Å². The molecule has 3 heterocycles. The van der Waals surface area contributed by atoms with Crippen LogP contribution in [-0.4, -0.2) is 64.8 Å². The van der Waals surface area contributed by atoms with Gasteiger partial charge in [-0.3, -0.25) is 19.7 Å². The maximum Gasteiger partial charge on any atom is 0.286 e. The smallest absolute Gasteiger partial charge is 0.286 e. The van der Waals surface area contributed by atoms with E-state index in [1.165, 1.54) is 0 Å². The average Bonchev–Trinajstić information content (AvgIpc) is 3.57. The molecule has 0 spiro atoms. The molecule has 0 unspecified atom stereocenters. The number of carbonyl (C=O) groups is 1. The fraction of sp³-hybridized carbons (Fsp3) is 0.393. The van der Waals surface area contributed by atoms with Crippen molar-refractivity contribution < 1.29 is 9.53 Å². The van der Waals surface area contributed by atoms with Gasteiger partial charge in [-0.25, -0.2) is 9.99 Å². The van der Waals surface area contributed by atoms with E-state index in [4.69, 9.17) is 38.2 Å². The molecule has 0 radical (unpaired) electrons. The first-order valence-electron chi connectivity index (χ1n) is 12.9. The van der Waals surface area contributed by atoms with Gasteiger partial charge in [0, 0.05) is 42.3 Å². The highest BCUT2D eigenvalue weighted by atomic mass is 35.5. The number of nitriles is 1. The van der Waals surface area contributed by atoms with Gasteiger partial charge in [-0.05, 0) is 68.2 Å². The molecule has 10 heteroatoms. The number of imidazole rings is 1. The molecule has 2 aliphatic rings. The standard InChI is InChI=1S/C28H30Cl2N6O2/c29-21-7-10-23(24(30)18-21)27-32-26(28(37)33-35-14-16-38-17-15-35)25(19-34-12-1-2-13-34)36(27)22-8-5-20(6-9-22)4-3-11-31/h5-10,18H,1-4,12-17,19H2,(H,33,37). The van der Waals surface area contributed by atoms with Crippen molar-refractivity contribution in [3.05, 3.63) is 69.5 Å². The number of likely N-dealkylation sites (tertiary alicyclic amines) is 1. The number of hydrogen-bond acceptors (Lipinski definition) is 6. The number of benzene rings is 2.